The van der Waals surface area contributed by atoms with Gasteiger partial charge in [0.2, 0.25) is 6.54 Å². The fourth-order valence-corrected chi connectivity index (χ4v) is 1.20. The van der Waals surface area contributed by atoms with Gasteiger partial charge in [-0.15, -0.1) is 0 Å². The molecule has 0 aliphatic carbocycles. The maximum Gasteiger partial charge on any atom is 0.213 e. The first kappa shape index (κ1) is 12.9. The topological polar surface area (TPSA) is 43.1 Å². The fourth-order valence-electron chi connectivity index (χ4n) is 1.20. The summed E-state index contributed by atoms with van der Waals surface area (Å²) in [5, 5.41) is 10.3. The number of nitro groups is 1. The van der Waals surface area contributed by atoms with Crippen molar-refractivity contribution in [3.63, 3.8) is 0 Å². The summed E-state index contributed by atoms with van der Waals surface area (Å²) in [5.41, 5.74) is 0. The monoisotopic (exact) mass is 197 g/mol. The quantitative estimate of drug-likeness (QED) is 0.272. The highest BCUT2D eigenvalue weighted by atomic mass is 16.6. The predicted octanol–water partition coefficient (Wildman–Crippen LogP) is 3.20. The minimum atomic E-state index is -0.269. The Kier molecular flexibility index (Phi) is 7.80. The Morgan fingerprint density at radius 2 is 2.14 bits per heavy atom. The average Bonchev–Trinajstić information content (AvgIpc) is 2.12. The zero-order valence-electron chi connectivity index (χ0n) is 8.98. The Morgan fingerprint density at radius 3 is 2.64 bits per heavy atom. The largest absolute Gasteiger partial charge is 0.265 e. The van der Waals surface area contributed by atoms with E-state index in [1.165, 1.54) is 0 Å². The molecule has 0 radical (unpaired) electrons. The SMILES string of the molecule is C/C=C/C(/C=C/CCCC)C[N+](=O)[O-]. The molecule has 1 unspecified atom stereocenters. The molecule has 0 heterocycles. The Labute approximate surface area is 85.7 Å². The first-order valence-electron chi connectivity index (χ1n) is 5.12. The zero-order valence-corrected chi connectivity index (χ0v) is 8.98. The Hall–Kier alpha value is -1.12. The van der Waals surface area contributed by atoms with E-state index in [9.17, 15) is 10.1 Å². The van der Waals surface area contributed by atoms with Crippen molar-refractivity contribution in [3.05, 3.63) is 34.4 Å². The van der Waals surface area contributed by atoms with Crippen LogP contribution in [0, 0.1) is 16.0 Å². The summed E-state index contributed by atoms with van der Waals surface area (Å²) in [6, 6.07) is 0. The van der Waals surface area contributed by atoms with Crippen molar-refractivity contribution >= 4 is 0 Å². The highest BCUT2D eigenvalue weighted by molar-refractivity contribution is 4.99. The second kappa shape index (κ2) is 8.48. The lowest BCUT2D eigenvalue weighted by atomic mass is 10.1. The Balaban J connectivity index is 3.95. The van der Waals surface area contributed by atoms with Crippen molar-refractivity contribution in [2.75, 3.05) is 6.54 Å². The molecule has 80 valence electrons. The molecule has 0 bridgehead atoms. The van der Waals surface area contributed by atoms with Crippen LogP contribution in [-0.4, -0.2) is 11.5 Å². The van der Waals surface area contributed by atoms with Crippen molar-refractivity contribution in [1.82, 2.24) is 0 Å². The summed E-state index contributed by atoms with van der Waals surface area (Å²) in [7, 11) is 0. The summed E-state index contributed by atoms with van der Waals surface area (Å²) in [5.74, 6) is -0.0492. The van der Waals surface area contributed by atoms with Crippen LogP contribution in [0.2, 0.25) is 0 Å². The summed E-state index contributed by atoms with van der Waals surface area (Å²) in [4.78, 5) is 10.0. The van der Waals surface area contributed by atoms with Gasteiger partial charge in [0, 0.05) is 4.92 Å². The molecule has 0 fully saturated rings. The van der Waals surface area contributed by atoms with Gasteiger partial charge in [-0.3, -0.25) is 10.1 Å². The van der Waals surface area contributed by atoms with Gasteiger partial charge in [0.15, 0.2) is 0 Å². The molecular weight excluding hydrogens is 178 g/mol. The second-order valence-corrected chi connectivity index (χ2v) is 3.28. The van der Waals surface area contributed by atoms with Crippen molar-refractivity contribution < 1.29 is 4.92 Å². The predicted molar refractivity (Wildman–Crippen MR) is 58.8 cm³/mol. The summed E-state index contributed by atoms with van der Waals surface area (Å²) in [6.45, 7) is 4.01. The standard InChI is InChI=1S/C11H19NO2/c1-3-5-6-7-9-11(8-4-2)10-12(13)14/h4,7-9,11H,3,5-6,10H2,1-2H3/b8-4+,9-7+. The third-order valence-electron chi connectivity index (χ3n) is 1.91. The summed E-state index contributed by atoms with van der Waals surface area (Å²) in [6.07, 6.45) is 11.0. The lowest BCUT2D eigenvalue weighted by Gasteiger charge is -2.00. The van der Waals surface area contributed by atoms with E-state index in [-0.39, 0.29) is 17.4 Å². The molecule has 0 N–H and O–H groups in total. The summed E-state index contributed by atoms with van der Waals surface area (Å²) >= 11 is 0. The van der Waals surface area contributed by atoms with Gasteiger partial charge < -0.3 is 0 Å². The maximum atomic E-state index is 10.3. The van der Waals surface area contributed by atoms with Crippen LogP contribution in [0.25, 0.3) is 0 Å². The van der Waals surface area contributed by atoms with Crippen molar-refractivity contribution in [2.45, 2.75) is 33.1 Å². The van der Waals surface area contributed by atoms with Gasteiger partial charge in [0.25, 0.3) is 0 Å². The van der Waals surface area contributed by atoms with E-state index >= 15 is 0 Å². The highest BCUT2D eigenvalue weighted by Crippen LogP contribution is 2.04. The number of nitrogens with zero attached hydrogens (tertiary/aromatic N) is 1. The average molecular weight is 197 g/mol. The number of hydrogen-bond donors (Lipinski definition) is 0. The molecule has 0 aromatic rings. The van der Waals surface area contributed by atoms with Crippen LogP contribution in [0.1, 0.15) is 33.1 Å². The van der Waals surface area contributed by atoms with Crippen molar-refractivity contribution in [2.24, 2.45) is 5.92 Å². The normalized spacial score (nSPS) is 13.9. The molecule has 0 aliphatic rings. The molecule has 14 heavy (non-hydrogen) atoms. The van der Waals surface area contributed by atoms with Gasteiger partial charge in [-0.05, 0) is 13.3 Å². The molecule has 0 aromatic heterocycles. The van der Waals surface area contributed by atoms with Crippen molar-refractivity contribution in [3.8, 4) is 0 Å². The zero-order chi connectivity index (χ0) is 10.8. The molecule has 0 amide bonds. The molecule has 0 aliphatic heterocycles. The van der Waals surface area contributed by atoms with E-state index in [2.05, 4.69) is 6.92 Å². The number of unbranched alkanes of at least 4 members (excludes halogenated alkanes) is 2. The van der Waals surface area contributed by atoms with Crippen LogP contribution in [0.3, 0.4) is 0 Å². The molecule has 3 heteroatoms. The second-order valence-electron chi connectivity index (χ2n) is 3.28. The number of hydrogen-bond acceptors (Lipinski definition) is 2. The molecule has 1 atom stereocenters. The third kappa shape index (κ3) is 7.53. The molecule has 0 saturated heterocycles. The van der Waals surface area contributed by atoms with E-state index in [0.717, 1.165) is 19.3 Å². The van der Waals surface area contributed by atoms with Gasteiger partial charge in [-0.1, -0.05) is 44.1 Å². The van der Waals surface area contributed by atoms with E-state index in [4.69, 9.17) is 0 Å². The fraction of sp³-hybridized carbons (Fsp3) is 0.636. The van der Waals surface area contributed by atoms with Gasteiger partial charge in [0.05, 0.1) is 5.92 Å². The Morgan fingerprint density at radius 1 is 1.43 bits per heavy atom. The molecular formula is C11H19NO2. The number of rotatable bonds is 7. The first-order chi connectivity index (χ1) is 6.70. The van der Waals surface area contributed by atoms with Crippen LogP contribution >= 0.6 is 0 Å². The van der Waals surface area contributed by atoms with Gasteiger partial charge in [-0.25, -0.2) is 0 Å². The minimum absolute atomic E-state index is 0.00698. The van der Waals surface area contributed by atoms with E-state index in [1.54, 1.807) is 0 Å². The molecule has 0 aromatic carbocycles. The highest BCUT2D eigenvalue weighted by Gasteiger charge is 2.06. The lowest BCUT2D eigenvalue weighted by molar-refractivity contribution is -0.483. The van der Waals surface area contributed by atoms with E-state index < -0.39 is 0 Å². The van der Waals surface area contributed by atoms with Crippen molar-refractivity contribution in [1.29, 1.82) is 0 Å². The van der Waals surface area contributed by atoms with Gasteiger partial charge in [0.1, 0.15) is 0 Å². The third-order valence-corrected chi connectivity index (χ3v) is 1.91. The van der Waals surface area contributed by atoms with Gasteiger partial charge in [-0.2, -0.15) is 0 Å². The molecule has 0 spiro atoms. The Bertz CT molecular complexity index is 209. The van der Waals surface area contributed by atoms with Gasteiger partial charge >= 0.3 is 0 Å². The minimum Gasteiger partial charge on any atom is -0.265 e. The van der Waals surface area contributed by atoms with Crippen LogP contribution in [-0.2, 0) is 0 Å². The maximum absolute atomic E-state index is 10.3. The van der Waals surface area contributed by atoms with Crippen LogP contribution in [0.15, 0.2) is 24.3 Å². The van der Waals surface area contributed by atoms with E-state index in [0.29, 0.717) is 0 Å². The first-order valence-corrected chi connectivity index (χ1v) is 5.12. The lowest BCUT2D eigenvalue weighted by Crippen LogP contribution is -2.09. The number of allylic oxidation sites excluding steroid dienone is 2. The van der Waals surface area contributed by atoms with Crippen LogP contribution in [0.4, 0.5) is 0 Å². The summed E-state index contributed by atoms with van der Waals surface area (Å²) < 4.78 is 0. The molecule has 0 saturated carbocycles. The molecule has 0 rings (SSSR count). The van der Waals surface area contributed by atoms with Crippen LogP contribution < -0.4 is 0 Å². The van der Waals surface area contributed by atoms with E-state index in [1.807, 2.05) is 31.2 Å². The van der Waals surface area contributed by atoms with Crippen LogP contribution in [0.5, 0.6) is 0 Å². The molecule has 3 nitrogen and oxygen atoms in total. The smallest absolute Gasteiger partial charge is 0.213 e.